The Hall–Kier alpha value is 0.217. The first-order valence-electron chi connectivity index (χ1n) is 20.3. The predicted octanol–water partition coefficient (Wildman–Crippen LogP) is 9.51. The van der Waals surface area contributed by atoms with Crippen molar-refractivity contribution in [1.82, 2.24) is 10.6 Å². The van der Waals surface area contributed by atoms with Gasteiger partial charge in [0.2, 0.25) is 0 Å². The van der Waals surface area contributed by atoms with Crippen LogP contribution in [0.3, 0.4) is 0 Å². The maximum atomic E-state index is 4.17. The molecule has 10 fully saturated rings. The first kappa shape index (κ1) is 32.1. The van der Waals surface area contributed by atoms with Gasteiger partial charge in [-0.3, -0.25) is 0 Å². The molecule has 11 rings (SSSR count). The Balaban J connectivity index is 1.18. The van der Waals surface area contributed by atoms with Crippen LogP contribution in [0.4, 0.5) is 0 Å². The summed E-state index contributed by atoms with van der Waals surface area (Å²) in [6, 6.07) is 9.38. The lowest BCUT2D eigenvalue weighted by atomic mass is 9.55. The summed E-state index contributed by atoms with van der Waals surface area (Å²) in [4.78, 5) is 0. The third-order valence-electron chi connectivity index (χ3n) is 15.7. The van der Waals surface area contributed by atoms with Gasteiger partial charge in [-0.2, -0.15) is 0 Å². The molecule has 3 atom stereocenters. The summed E-state index contributed by atoms with van der Waals surface area (Å²) in [6.45, 7) is 10.2. The molecule has 46 heavy (non-hydrogen) atoms. The molecule has 10 aliphatic rings. The summed E-state index contributed by atoms with van der Waals surface area (Å²) in [6.07, 6.45) is 28.9. The fraction of sp³-hybridized carbons (Fsp3) is 0.854. The number of nitrogens with one attached hydrogen (secondary N) is 2. The van der Waals surface area contributed by atoms with Crippen LogP contribution in [0.25, 0.3) is 0 Å². The van der Waals surface area contributed by atoms with Crippen molar-refractivity contribution in [2.45, 2.75) is 169 Å². The molecule has 0 spiro atoms. The molecule has 2 heterocycles. The van der Waals surface area contributed by atoms with Crippen molar-refractivity contribution in [3.05, 3.63) is 29.3 Å². The Kier molecular flexibility index (Phi) is 8.31. The van der Waals surface area contributed by atoms with Gasteiger partial charge in [0.05, 0.1) is 8.07 Å². The van der Waals surface area contributed by atoms with E-state index in [2.05, 4.69) is 57.7 Å². The van der Waals surface area contributed by atoms with E-state index >= 15 is 0 Å². The normalized spacial score (nSPS) is 45.1. The maximum Gasteiger partial charge on any atom is 0.0776 e. The monoisotopic (exact) mass is 676 g/mol. The zero-order chi connectivity index (χ0) is 31.3. The zero-order valence-electron chi connectivity index (χ0n) is 29.7. The number of benzene rings is 1. The van der Waals surface area contributed by atoms with Crippen LogP contribution in [0.1, 0.15) is 127 Å². The third kappa shape index (κ3) is 5.44. The van der Waals surface area contributed by atoms with E-state index in [9.17, 15) is 0 Å². The molecule has 2 aliphatic heterocycles. The van der Waals surface area contributed by atoms with E-state index in [1.807, 2.05) is 5.56 Å². The Labute approximate surface area is 286 Å². The van der Waals surface area contributed by atoms with Gasteiger partial charge in [-0.15, -0.1) is 9.24 Å². The minimum absolute atomic E-state index is 0.0598. The van der Waals surface area contributed by atoms with Crippen LogP contribution in [-0.4, -0.2) is 43.6 Å². The molecule has 1 aromatic carbocycles. The molecular weight excluding hydrogens is 610 g/mol. The van der Waals surface area contributed by atoms with Crippen molar-refractivity contribution < 1.29 is 0 Å². The van der Waals surface area contributed by atoms with Crippen molar-refractivity contribution in [2.75, 3.05) is 13.1 Å². The lowest BCUT2D eigenvalue weighted by molar-refractivity contribution is 0.0184. The molecular formula is C41H66N2P2Si. The van der Waals surface area contributed by atoms with Crippen molar-refractivity contribution in [1.29, 1.82) is 0 Å². The standard InChI is InChI=1S/C41H66N2P2Si/c1-46(2,3)35-11-10-34(36(20-35)41(44,37-8-4-6-12-42-37)38-9-5-7-13-43-38)27-45(39-21-28-14-29(22-39)16-30(15-28)23-39)40-24-31-17-32(25-40)19-33(18-31)26-40/h10-11,20,28-33,37-38,42-43H,4-9,12-19,21-27,44H2,1-3H3. The minimum Gasteiger partial charge on any atom is -0.313 e. The van der Waals surface area contributed by atoms with E-state index in [0.29, 0.717) is 22.4 Å². The van der Waals surface area contributed by atoms with Gasteiger partial charge in [-0.25, -0.2) is 0 Å². The number of hydrogen-bond acceptors (Lipinski definition) is 2. The fourth-order valence-corrected chi connectivity index (χ4v) is 21.7. The Morgan fingerprint density at radius 3 is 1.50 bits per heavy atom. The van der Waals surface area contributed by atoms with Gasteiger partial charge in [0.25, 0.3) is 0 Å². The zero-order valence-corrected chi connectivity index (χ0v) is 32.8. The second kappa shape index (κ2) is 11.9. The summed E-state index contributed by atoms with van der Waals surface area (Å²) in [5.74, 6) is 6.40. The minimum atomic E-state index is -1.46. The van der Waals surface area contributed by atoms with Gasteiger partial charge < -0.3 is 10.6 Å². The van der Waals surface area contributed by atoms with Crippen LogP contribution in [0.5, 0.6) is 0 Å². The Morgan fingerprint density at radius 2 is 1.13 bits per heavy atom. The average molecular weight is 677 g/mol. The molecule has 2 nitrogen and oxygen atoms in total. The molecule has 0 amide bonds. The van der Waals surface area contributed by atoms with Crippen LogP contribution in [-0.2, 0) is 11.3 Å². The summed E-state index contributed by atoms with van der Waals surface area (Å²) >= 11 is 0. The molecule has 0 aromatic heterocycles. The molecule has 8 aliphatic carbocycles. The van der Waals surface area contributed by atoms with Crippen molar-refractivity contribution in [2.24, 2.45) is 35.5 Å². The van der Waals surface area contributed by atoms with Crippen LogP contribution in [0.2, 0.25) is 19.6 Å². The molecule has 8 saturated carbocycles. The molecule has 254 valence electrons. The molecule has 1 aromatic rings. The molecule has 5 heteroatoms. The SMILES string of the molecule is C[Si](C)(C)c1ccc(CP(C23CC4CC(CC(C4)C2)C3)C23CC4CC(CC(C4)C2)C3)c(C(P)(C2CCCCN2)C2CCCCN2)c1. The van der Waals surface area contributed by atoms with Gasteiger partial charge in [0, 0.05) is 17.2 Å². The second-order valence-corrected chi connectivity index (χ2v) is 29.0. The average Bonchev–Trinajstić information content (AvgIpc) is 3.02. The van der Waals surface area contributed by atoms with Crippen LogP contribution < -0.4 is 15.8 Å². The largest absolute Gasteiger partial charge is 0.313 e. The van der Waals surface area contributed by atoms with Gasteiger partial charge in [-0.1, -0.05) is 63.8 Å². The van der Waals surface area contributed by atoms with Crippen LogP contribution >= 0.6 is 17.2 Å². The lowest BCUT2D eigenvalue weighted by Crippen LogP contribution is -2.59. The van der Waals surface area contributed by atoms with E-state index in [-0.39, 0.29) is 13.1 Å². The molecule has 3 unspecified atom stereocenters. The highest BCUT2D eigenvalue weighted by Crippen LogP contribution is 2.79. The molecule has 8 bridgehead atoms. The summed E-state index contributed by atoms with van der Waals surface area (Å²) < 4.78 is 0. The number of rotatable bonds is 8. The van der Waals surface area contributed by atoms with Gasteiger partial charge >= 0.3 is 0 Å². The lowest BCUT2D eigenvalue weighted by Gasteiger charge is -2.67. The Morgan fingerprint density at radius 1 is 0.696 bits per heavy atom. The first-order chi connectivity index (χ1) is 22.1. The highest BCUT2D eigenvalue weighted by molar-refractivity contribution is 7.60. The van der Waals surface area contributed by atoms with Gasteiger partial charge in [0.15, 0.2) is 0 Å². The topological polar surface area (TPSA) is 24.1 Å². The van der Waals surface area contributed by atoms with E-state index in [0.717, 1.165) is 35.5 Å². The maximum absolute atomic E-state index is 4.17. The smallest absolute Gasteiger partial charge is 0.0776 e. The predicted molar refractivity (Wildman–Crippen MR) is 205 cm³/mol. The summed E-state index contributed by atoms with van der Waals surface area (Å²) in [5.41, 5.74) is 3.59. The van der Waals surface area contributed by atoms with Gasteiger partial charge in [0.1, 0.15) is 0 Å². The van der Waals surface area contributed by atoms with Crippen molar-refractivity contribution >= 4 is 30.4 Å². The summed E-state index contributed by atoms with van der Waals surface area (Å²) in [7, 11) is 2.13. The highest BCUT2D eigenvalue weighted by atomic mass is 31.1. The van der Waals surface area contributed by atoms with Crippen LogP contribution in [0, 0.1) is 35.5 Å². The second-order valence-electron chi connectivity index (χ2n) is 19.9. The van der Waals surface area contributed by atoms with Gasteiger partial charge in [-0.05, 0) is 179 Å². The molecule has 0 radical (unpaired) electrons. The van der Waals surface area contributed by atoms with Crippen LogP contribution in [0.15, 0.2) is 18.2 Å². The molecule has 2 N–H and O–H groups in total. The highest BCUT2D eigenvalue weighted by Gasteiger charge is 2.62. The molecule has 2 saturated heterocycles. The van der Waals surface area contributed by atoms with E-state index < -0.39 is 8.07 Å². The van der Waals surface area contributed by atoms with Crippen molar-refractivity contribution in [3.8, 4) is 0 Å². The quantitative estimate of drug-likeness (QED) is 0.212. The van der Waals surface area contributed by atoms with E-state index in [1.165, 1.54) is 57.8 Å². The fourth-order valence-electron chi connectivity index (χ4n) is 14.5. The Bertz CT molecular complexity index is 1160. The summed E-state index contributed by atoms with van der Waals surface area (Å²) in [5, 5.41) is 11.5. The number of piperidine rings is 2. The number of hydrogen-bond donors (Lipinski definition) is 2. The van der Waals surface area contributed by atoms with E-state index in [4.69, 9.17) is 0 Å². The first-order valence-corrected chi connectivity index (χ1v) is 25.9. The van der Waals surface area contributed by atoms with Crippen molar-refractivity contribution in [3.63, 3.8) is 0 Å². The third-order valence-corrected chi connectivity index (χ3v) is 22.9. The van der Waals surface area contributed by atoms with E-state index in [1.54, 1.807) is 87.8 Å².